The Labute approximate surface area is 146 Å². The number of sulfonamides is 1. The first-order valence-corrected chi connectivity index (χ1v) is 9.54. The van der Waals surface area contributed by atoms with Crippen molar-refractivity contribution in [3.8, 4) is 0 Å². The minimum atomic E-state index is -3.72. The van der Waals surface area contributed by atoms with Crippen molar-refractivity contribution >= 4 is 59.2 Å². The van der Waals surface area contributed by atoms with Gasteiger partial charge in [0.15, 0.2) is 0 Å². The summed E-state index contributed by atoms with van der Waals surface area (Å²) in [6.45, 7) is 1.96. The summed E-state index contributed by atoms with van der Waals surface area (Å²) in [5.74, 6) is 0. The van der Waals surface area contributed by atoms with Crippen LogP contribution in [-0.4, -0.2) is 8.42 Å². The third-order valence-corrected chi connectivity index (χ3v) is 5.71. The number of hydrogen-bond donors (Lipinski definition) is 1. The standard InChI is InChI=1S/C14H12Br2ClNO2S/c1-2-9-7-10(15)3-5-13(9)18-21(19,20)14-6-4-11(16)8-12(14)17/h3-8,18H,2H2,1H3. The van der Waals surface area contributed by atoms with Crippen LogP contribution >= 0.6 is 43.5 Å². The first-order valence-electron chi connectivity index (χ1n) is 6.10. The fraction of sp³-hybridized carbons (Fsp3) is 0.143. The highest BCUT2D eigenvalue weighted by Gasteiger charge is 2.19. The number of benzene rings is 2. The van der Waals surface area contributed by atoms with E-state index in [-0.39, 0.29) is 9.92 Å². The van der Waals surface area contributed by atoms with Gasteiger partial charge in [0.2, 0.25) is 0 Å². The molecular formula is C14H12Br2ClNO2S. The van der Waals surface area contributed by atoms with Crippen molar-refractivity contribution in [2.75, 3.05) is 4.72 Å². The molecule has 0 aliphatic carbocycles. The summed E-state index contributed by atoms with van der Waals surface area (Å²) in [5.41, 5.74) is 1.46. The van der Waals surface area contributed by atoms with Gasteiger partial charge in [0.05, 0.1) is 10.7 Å². The van der Waals surface area contributed by atoms with E-state index in [0.717, 1.165) is 14.5 Å². The molecule has 0 aliphatic rings. The summed E-state index contributed by atoms with van der Waals surface area (Å²) < 4.78 is 29.2. The van der Waals surface area contributed by atoms with Crippen molar-refractivity contribution in [1.82, 2.24) is 0 Å². The van der Waals surface area contributed by atoms with Crippen LogP contribution in [-0.2, 0) is 16.4 Å². The molecule has 0 aliphatic heterocycles. The van der Waals surface area contributed by atoms with Crippen LogP contribution < -0.4 is 4.72 Å². The maximum absolute atomic E-state index is 12.5. The summed E-state index contributed by atoms with van der Waals surface area (Å²) in [4.78, 5) is 0.0531. The zero-order chi connectivity index (χ0) is 15.6. The number of aryl methyl sites for hydroxylation is 1. The molecule has 2 aromatic rings. The Morgan fingerprint density at radius 1 is 1.10 bits per heavy atom. The number of anilines is 1. The first-order chi connectivity index (χ1) is 9.83. The van der Waals surface area contributed by atoms with Gasteiger partial charge in [0, 0.05) is 8.95 Å². The molecule has 2 rings (SSSR count). The van der Waals surface area contributed by atoms with Gasteiger partial charge >= 0.3 is 0 Å². The molecule has 0 saturated carbocycles. The number of hydrogen-bond acceptors (Lipinski definition) is 2. The van der Waals surface area contributed by atoms with Crippen LogP contribution in [0.1, 0.15) is 12.5 Å². The van der Waals surface area contributed by atoms with Crippen LogP contribution in [0.3, 0.4) is 0 Å². The van der Waals surface area contributed by atoms with E-state index in [1.165, 1.54) is 6.07 Å². The lowest BCUT2D eigenvalue weighted by Crippen LogP contribution is -2.14. The van der Waals surface area contributed by atoms with Gasteiger partial charge < -0.3 is 0 Å². The molecule has 21 heavy (non-hydrogen) atoms. The van der Waals surface area contributed by atoms with Gasteiger partial charge in [-0.15, -0.1) is 0 Å². The Balaban J connectivity index is 2.42. The maximum Gasteiger partial charge on any atom is 0.263 e. The molecule has 2 aromatic carbocycles. The fourth-order valence-corrected chi connectivity index (χ4v) is 4.40. The lowest BCUT2D eigenvalue weighted by molar-refractivity contribution is 0.601. The third-order valence-electron chi connectivity index (χ3n) is 2.88. The van der Waals surface area contributed by atoms with Crippen LogP contribution in [0.4, 0.5) is 5.69 Å². The van der Waals surface area contributed by atoms with Crippen LogP contribution in [0, 0.1) is 0 Å². The Morgan fingerprint density at radius 2 is 1.71 bits per heavy atom. The number of nitrogens with one attached hydrogen (secondary N) is 1. The average Bonchev–Trinajstić information content (AvgIpc) is 2.40. The van der Waals surface area contributed by atoms with E-state index < -0.39 is 10.0 Å². The van der Waals surface area contributed by atoms with E-state index in [9.17, 15) is 8.42 Å². The first kappa shape index (κ1) is 16.8. The molecular weight excluding hydrogens is 441 g/mol. The fourth-order valence-electron chi connectivity index (χ4n) is 1.85. The van der Waals surface area contributed by atoms with Gasteiger partial charge in [0.1, 0.15) is 4.90 Å². The lowest BCUT2D eigenvalue weighted by atomic mass is 10.1. The SMILES string of the molecule is CCc1cc(Br)ccc1NS(=O)(=O)c1ccc(Br)cc1Cl. The summed E-state index contributed by atoms with van der Waals surface area (Å²) in [6.07, 6.45) is 0.714. The Bertz CT molecular complexity index is 779. The molecule has 7 heteroatoms. The monoisotopic (exact) mass is 451 g/mol. The molecule has 0 atom stereocenters. The number of rotatable bonds is 4. The smallest absolute Gasteiger partial charge is 0.263 e. The molecule has 0 heterocycles. The normalized spacial score (nSPS) is 11.4. The zero-order valence-electron chi connectivity index (χ0n) is 11.0. The molecule has 0 amide bonds. The van der Waals surface area contributed by atoms with Gasteiger partial charge in [-0.1, -0.05) is 50.4 Å². The highest BCUT2D eigenvalue weighted by atomic mass is 79.9. The van der Waals surface area contributed by atoms with Crippen molar-refractivity contribution in [2.45, 2.75) is 18.2 Å². The van der Waals surface area contributed by atoms with Gasteiger partial charge in [0.25, 0.3) is 10.0 Å². The Hall–Kier alpha value is -0.560. The van der Waals surface area contributed by atoms with Crippen LogP contribution in [0.5, 0.6) is 0 Å². The molecule has 1 N–H and O–H groups in total. The van der Waals surface area contributed by atoms with Crippen molar-refractivity contribution < 1.29 is 8.42 Å². The van der Waals surface area contributed by atoms with E-state index >= 15 is 0 Å². The second-order valence-corrected chi connectivity index (χ2v) is 8.22. The third kappa shape index (κ3) is 4.00. The van der Waals surface area contributed by atoms with Crippen LogP contribution in [0.2, 0.25) is 5.02 Å². The van der Waals surface area contributed by atoms with E-state index in [0.29, 0.717) is 12.1 Å². The van der Waals surface area contributed by atoms with Crippen LogP contribution in [0.15, 0.2) is 50.2 Å². The second kappa shape index (κ2) is 6.69. The molecule has 0 unspecified atom stereocenters. The molecule has 0 spiro atoms. The lowest BCUT2D eigenvalue weighted by Gasteiger charge is -2.13. The molecule has 0 bridgehead atoms. The summed E-state index contributed by atoms with van der Waals surface area (Å²) >= 11 is 12.7. The highest BCUT2D eigenvalue weighted by molar-refractivity contribution is 9.10. The maximum atomic E-state index is 12.5. The predicted octanol–water partition coefficient (Wildman–Crippen LogP) is 5.23. The van der Waals surface area contributed by atoms with Gasteiger partial charge in [-0.25, -0.2) is 8.42 Å². The van der Waals surface area contributed by atoms with Crippen molar-refractivity contribution in [2.24, 2.45) is 0 Å². The summed E-state index contributed by atoms with van der Waals surface area (Å²) in [6, 6.07) is 10.1. The number of halogens is 3. The van der Waals surface area contributed by atoms with Gasteiger partial charge in [-0.3, -0.25) is 4.72 Å². The van der Waals surface area contributed by atoms with E-state index in [4.69, 9.17) is 11.6 Å². The summed E-state index contributed by atoms with van der Waals surface area (Å²) in [5, 5.41) is 0.173. The van der Waals surface area contributed by atoms with E-state index in [2.05, 4.69) is 36.6 Å². The highest BCUT2D eigenvalue weighted by Crippen LogP contribution is 2.29. The zero-order valence-corrected chi connectivity index (χ0v) is 15.8. The minimum absolute atomic E-state index is 0.0531. The topological polar surface area (TPSA) is 46.2 Å². The largest absolute Gasteiger partial charge is 0.279 e. The van der Waals surface area contributed by atoms with Crippen molar-refractivity contribution in [1.29, 1.82) is 0 Å². The quantitative estimate of drug-likeness (QED) is 0.689. The average molecular weight is 454 g/mol. The van der Waals surface area contributed by atoms with Crippen LogP contribution in [0.25, 0.3) is 0 Å². The molecule has 0 saturated heterocycles. The van der Waals surface area contributed by atoms with Gasteiger partial charge in [-0.05, 0) is 48.4 Å². The predicted molar refractivity (Wildman–Crippen MR) is 93.5 cm³/mol. The second-order valence-electron chi connectivity index (χ2n) is 4.34. The Kier molecular flexibility index (Phi) is 5.35. The molecule has 0 aromatic heterocycles. The van der Waals surface area contributed by atoms with E-state index in [1.807, 2.05) is 13.0 Å². The van der Waals surface area contributed by atoms with E-state index in [1.54, 1.807) is 24.3 Å². The van der Waals surface area contributed by atoms with Crippen molar-refractivity contribution in [3.05, 3.63) is 55.9 Å². The minimum Gasteiger partial charge on any atom is -0.279 e. The molecule has 112 valence electrons. The molecule has 3 nitrogen and oxygen atoms in total. The molecule has 0 fully saturated rings. The Morgan fingerprint density at radius 3 is 2.33 bits per heavy atom. The molecule has 0 radical (unpaired) electrons. The van der Waals surface area contributed by atoms with Gasteiger partial charge in [-0.2, -0.15) is 0 Å². The van der Waals surface area contributed by atoms with Crippen molar-refractivity contribution in [3.63, 3.8) is 0 Å². The summed E-state index contributed by atoms with van der Waals surface area (Å²) in [7, 11) is -3.72.